The van der Waals surface area contributed by atoms with Gasteiger partial charge < -0.3 is 0 Å². The largest absolute Gasteiger partial charge is 0.354 e. The van der Waals surface area contributed by atoms with Gasteiger partial charge in [-0.3, -0.25) is 9.59 Å². The monoisotopic (exact) mass is 485 g/mol. The maximum absolute atomic E-state index is 13.5. The second-order valence-corrected chi connectivity index (χ2v) is 9.51. The molecular weight excluding hydrogens is 470 g/mol. The molecule has 2 aromatic carbocycles. The minimum atomic E-state index is -0.771. The van der Waals surface area contributed by atoms with Crippen LogP contribution >= 0.6 is 23.9 Å². The van der Waals surface area contributed by atoms with Gasteiger partial charge in [0.2, 0.25) is 0 Å². The lowest BCUT2D eigenvalue weighted by molar-refractivity contribution is -0.129. The molecule has 0 spiro atoms. The Morgan fingerprint density at radius 3 is 1.85 bits per heavy atom. The van der Waals surface area contributed by atoms with Gasteiger partial charge in [-0.05, 0) is 64.9 Å². The minimum Gasteiger partial charge on any atom is -0.267 e. The Balaban J connectivity index is 2.13. The van der Waals surface area contributed by atoms with E-state index in [1.165, 1.54) is 12.1 Å². The average molecular weight is 486 g/mol. The number of imide groups is 2. The van der Waals surface area contributed by atoms with Gasteiger partial charge in [-0.1, -0.05) is 19.9 Å². The summed E-state index contributed by atoms with van der Waals surface area (Å²) in [5.41, 5.74) is 2.51. The number of nitriles is 3. The zero-order valence-corrected chi connectivity index (χ0v) is 19.7. The molecule has 1 aliphatic heterocycles. The van der Waals surface area contributed by atoms with Crippen LogP contribution in [0.3, 0.4) is 0 Å². The minimum absolute atomic E-state index is 0.188. The quantitative estimate of drug-likeness (QED) is 0.305. The van der Waals surface area contributed by atoms with Crippen LogP contribution in [0.5, 0.6) is 0 Å². The first kappa shape index (κ1) is 23.1. The van der Waals surface area contributed by atoms with Crippen LogP contribution in [0.1, 0.15) is 41.7 Å². The third-order valence-corrected chi connectivity index (χ3v) is 6.93. The first-order valence-electron chi connectivity index (χ1n) is 10.2. The van der Waals surface area contributed by atoms with Gasteiger partial charge in [-0.2, -0.15) is 24.4 Å². The third kappa shape index (κ3) is 3.43. The van der Waals surface area contributed by atoms with Crippen LogP contribution in [-0.2, 0) is 9.59 Å². The number of amides is 4. The number of urea groups is 1. The van der Waals surface area contributed by atoms with Crippen LogP contribution in [-0.4, -0.2) is 38.0 Å². The molecule has 4 amide bonds. The lowest BCUT2D eigenvalue weighted by Crippen LogP contribution is -2.51. The van der Waals surface area contributed by atoms with Gasteiger partial charge in [0.05, 0.1) is 34.9 Å². The second-order valence-electron chi connectivity index (χ2n) is 7.11. The number of fused-ring (bicyclic) bond motifs is 3. The third-order valence-electron chi connectivity index (χ3n) is 5.26. The molecule has 2 aliphatic rings. The van der Waals surface area contributed by atoms with Crippen molar-refractivity contribution in [1.29, 1.82) is 15.8 Å². The van der Waals surface area contributed by atoms with Gasteiger partial charge in [0.1, 0.15) is 5.57 Å². The molecule has 0 saturated carbocycles. The number of barbiturate groups is 1. The zero-order valence-electron chi connectivity index (χ0n) is 18.1. The Labute approximate surface area is 204 Å². The highest BCUT2D eigenvalue weighted by Gasteiger charge is 2.46. The number of hydrogen-bond donors (Lipinski definition) is 0. The summed E-state index contributed by atoms with van der Waals surface area (Å²) in [7, 11) is 0. The smallest absolute Gasteiger partial charge is 0.267 e. The fourth-order valence-corrected chi connectivity index (χ4v) is 5.36. The van der Waals surface area contributed by atoms with E-state index in [0.29, 0.717) is 39.3 Å². The molecule has 1 fully saturated rings. The molecule has 0 atom stereocenters. The molecule has 1 saturated heterocycles. The zero-order chi connectivity index (χ0) is 24.6. The van der Waals surface area contributed by atoms with E-state index in [9.17, 15) is 30.2 Å². The Kier molecular flexibility index (Phi) is 6.17. The van der Waals surface area contributed by atoms with E-state index in [-0.39, 0.29) is 22.3 Å². The molecule has 0 N–H and O–H groups in total. The van der Waals surface area contributed by atoms with Crippen molar-refractivity contribution in [2.45, 2.75) is 13.8 Å². The fourth-order valence-electron chi connectivity index (χ4n) is 3.99. The maximum atomic E-state index is 13.5. The summed E-state index contributed by atoms with van der Waals surface area (Å²) in [5.74, 6) is -0.706. The van der Waals surface area contributed by atoms with E-state index in [1.54, 1.807) is 32.0 Å². The van der Waals surface area contributed by atoms with E-state index in [1.807, 2.05) is 6.07 Å². The van der Waals surface area contributed by atoms with E-state index >= 15 is 0 Å². The van der Waals surface area contributed by atoms with Crippen molar-refractivity contribution in [3.05, 3.63) is 63.7 Å². The first-order chi connectivity index (χ1) is 16.4. The van der Waals surface area contributed by atoms with Gasteiger partial charge in [0.25, 0.3) is 11.8 Å². The SMILES string of the molecule is CCSN1C(=O)C(=C2c3cc(C#N)ccc3-c3c(C#N)cc(C#N)cc32)C(=O)N(SCC)C1=O. The molecule has 10 heteroatoms. The van der Waals surface area contributed by atoms with Crippen LogP contribution in [0.4, 0.5) is 4.79 Å². The predicted molar refractivity (Wildman–Crippen MR) is 127 cm³/mol. The van der Waals surface area contributed by atoms with E-state index in [4.69, 9.17) is 0 Å². The van der Waals surface area contributed by atoms with Gasteiger partial charge in [-0.25, -0.2) is 4.79 Å². The van der Waals surface area contributed by atoms with Crippen molar-refractivity contribution in [2.75, 3.05) is 11.5 Å². The van der Waals surface area contributed by atoms with Crippen molar-refractivity contribution in [1.82, 2.24) is 8.61 Å². The second kappa shape index (κ2) is 9.07. The van der Waals surface area contributed by atoms with E-state index < -0.39 is 17.8 Å². The summed E-state index contributed by atoms with van der Waals surface area (Å²) in [6.07, 6.45) is 0. The topological polar surface area (TPSA) is 129 Å². The lowest BCUT2D eigenvalue weighted by atomic mass is 9.93. The van der Waals surface area contributed by atoms with Crippen LogP contribution in [0.2, 0.25) is 0 Å². The number of hydrogen-bond acceptors (Lipinski definition) is 8. The highest BCUT2D eigenvalue weighted by molar-refractivity contribution is 7.99. The Hall–Kier alpha value is -4.04. The van der Waals surface area contributed by atoms with Crippen molar-refractivity contribution in [2.24, 2.45) is 0 Å². The molecule has 0 unspecified atom stereocenters. The molecule has 4 rings (SSSR count). The summed E-state index contributed by atoms with van der Waals surface area (Å²) in [6.45, 7) is 3.56. The summed E-state index contributed by atoms with van der Waals surface area (Å²) < 4.78 is 1.91. The molecule has 1 aliphatic carbocycles. The number of rotatable bonds is 4. The number of carbonyl (C=O) groups excluding carboxylic acids is 3. The Morgan fingerprint density at radius 2 is 1.32 bits per heavy atom. The molecule has 34 heavy (non-hydrogen) atoms. The number of nitrogens with zero attached hydrogens (tertiary/aromatic N) is 5. The highest BCUT2D eigenvalue weighted by Crippen LogP contribution is 2.49. The normalized spacial score (nSPS) is 14.5. The van der Waals surface area contributed by atoms with Crippen LogP contribution < -0.4 is 0 Å². The summed E-state index contributed by atoms with van der Waals surface area (Å²) in [5, 5.41) is 28.8. The summed E-state index contributed by atoms with van der Waals surface area (Å²) >= 11 is 1.97. The van der Waals surface area contributed by atoms with Gasteiger partial charge >= 0.3 is 6.03 Å². The standard InChI is InChI=1S/C24H15N5O3S2/c1-3-33-28-22(30)21(23(31)29(24(28)32)34-4-2)20-17-8-13(10-25)5-6-16(17)19-15(12-27)7-14(11-26)9-18(19)20/h5-9H,3-4H2,1-2H3. The van der Waals surface area contributed by atoms with Gasteiger partial charge in [-0.15, -0.1) is 0 Å². The molecule has 0 aromatic heterocycles. The van der Waals surface area contributed by atoms with Crippen LogP contribution in [0.15, 0.2) is 35.9 Å². The van der Waals surface area contributed by atoms with Crippen molar-refractivity contribution < 1.29 is 14.4 Å². The summed E-state index contributed by atoms with van der Waals surface area (Å²) in [6, 6.07) is 13.2. The molecule has 8 nitrogen and oxygen atoms in total. The molecular formula is C24H15N5O3S2. The molecule has 0 radical (unpaired) electrons. The Bertz CT molecular complexity index is 1410. The molecule has 1 heterocycles. The highest BCUT2D eigenvalue weighted by atomic mass is 32.2. The predicted octanol–water partition coefficient (Wildman–Crippen LogP) is 4.21. The average Bonchev–Trinajstić information content (AvgIpc) is 3.17. The van der Waals surface area contributed by atoms with Crippen molar-refractivity contribution >= 4 is 47.3 Å². The van der Waals surface area contributed by atoms with Gasteiger partial charge in [0.15, 0.2) is 0 Å². The van der Waals surface area contributed by atoms with E-state index in [2.05, 4.69) is 12.1 Å². The fraction of sp³-hybridized carbons (Fsp3) is 0.167. The van der Waals surface area contributed by atoms with Crippen molar-refractivity contribution in [3.8, 4) is 29.3 Å². The van der Waals surface area contributed by atoms with Gasteiger partial charge in [0, 0.05) is 22.6 Å². The Morgan fingerprint density at radius 1 is 0.735 bits per heavy atom. The maximum Gasteiger partial charge on any atom is 0.354 e. The molecule has 2 aromatic rings. The molecule has 0 bridgehead atoms. The first-order valence-corrected chi connectivity index (χ1v) is 12.1. The number of benzene rings is 2. The van der Waals surface area contributed by atoms with E-state index in [0.717, 1.165) is 32.5 Å². The number of carbonyl (C=O) groups is 3. The summed E-state index contributed by atoms with van der Waals surface area (Å²) in [4.78, 5) is 40.0. The van der Waals surface area contributed by atoms with Crippen LogP contribution in [0, 0.1) is 34.0 Å². The molecule has 166 valence electrons. The van der Waals surface area contributed by atoms with Crippen molar-refractivity contribution in [3.63, 3.8) is 0 Å². The van der Waals surface area contributed by atoms with Crippen LogP contribution in [0.25, 0.3) is 16.7 Å². The lowest BCUT2D eigenvalue weighted by Gasteiger charge is -2.32.